The number of hydrogen-bond donors (Lipinski definition) is 2. The Morgan fingerprint density at radius 1 is 1.50 bits per heavy atom. The maximum absolute atomic E-state index is 8.69. The maximum atomic E-state index is 8.69. The minimum absolute atomic E-state index is 0.158. The summed E-state index contributed by atoms with van der Waals surface area (Å²) in [4.78, 5) is 1.95. The van der Waals surface area contributed by atoms with Crippen LogP contribution in [0.3, 0.4) is 0 Å². The van der Waals surface area contributed by atoms with E-state index >= 15 is 0 Å². The van der Waals surface area contributed by atoms with Crippen LogP contribution in [0.5, 0.6) is 0 Å². The van der Waals surface area contributed by atoms with E-state index in [0.29, 0.717) is 6.54 Å². The maximum Gasteiger partial charge on any atom is 0.0606 e. The summed E-state index contributed by atoms with van der Waals surface area (Å²) >= 11 is 0. The molecule has 1 aromatic carbocycles. The third kappa shape index (κ3) is 2.13. The molecule has 0 aliphatic carbocycles. The molecule has 0 atom stereocenters. The van der Waals surface area contributed by atoms with Crippen LogP contribution in [0.4, 0.5) is 11.4 Å². The average molecular weight is 166 g/mol. The van der Waals surface area contributed by atoms with Gasteiger partial charge in [0.05, 0.1) is 6.61 Å². The zero-order chi connectivity index (χ0) is 8.97. The normalized spacial score (nSPS) is 9.83. The van der Waals surface area contributed by atoms with Crippen LogP contribution in [0.15, 0.2) is 24.3 Å². The highest BCUT2D eigenvalue weighted by Crippen LogP contribution is 2.15. The van der Waals surface area contributed by atoms with Crippen LogP contribution < -0.4 is 10.6 Å². The van der Waals surface area contributed by atoms with Crippen molar-refractivity contribution >= 4 is 11.4 Å². The average Bonchev–Trinajstić information content (AvgIpc) is 2.05. The van der Waals surface area contributed by atoms with Gasteiger partial charge in [0.1, 0.15) is 0 Å². The number of benzene rings is 1. The van der Waals surface area contributed by atoms with E-state index in [4.69, 9.17) is 10.8 Å². The van der Waals surface area contributed by atoms with Crippen LogP contribution >= 0.6 is 0 Å². The Morgan fingerprint density at radius 2 is 2.25 bits per heavy atom. The number of likely N-dealkylation sites (N-methyl/N-ethyl adjacent to an activating group) is 1. The summed E-state index contributed by atoms with van der Waals surface area (Å²) in [7, 11) is 1.92. The second-order valence-corrected chi connectivity index (χ2v) is 2.74. The molecule has 0 amide bonds. The molecule has 3 N–H and O–H groups in total. The topological polar surface area (TPSA) is 49.5 Å². The van der Waals surface area contributed by atoms with Crippen molar-refractivity contribution in [2.24, 2.45) is 0 Å². The zero-order valence-corrected chi connectivity index (χ0v) is 7.20. The van der Waals surface area contributed by atoms with E-state index in [0.717, 1.165) is 11.4 Å². The fourth-order valence-corrected chi connectivity index (χ4v) is 1.04. The third-order valence-electron chi connectivity index (χ3n) is 1.75. The molecule has 0 aliphatic rings. The number of rotatable bonds is 3. The predicted molar refractivity (Wildman–Crippen MR) is 51.2 cm³/mol. The van der Waals surface area contributed by atoms with Gasteiger partial charge >= 0.3 is 0 Å². The molecule has 0 heterocycles. The Balaban J connectivity index is 2.73. The lowest BCUT2D eigenvalue weighted by molar-refractivity contribution is 0.304. The lowest BCUT2D eigenvalue weighted by Gasteiger charge is -2.17. The molecule has 0 bridgehead atoms. The Morgan fingerprint density at radius 3 is 2.83 bits per heavy atom. The standard InChI is InChI=1S/C9H14N2O/c1-11(5-6-12)9-4-2-3-8(10)7-9/h2-4,7,12H,5-6,10H2,1H3. The minimum atomic E-state index is 0.158. The number of aliphatic hydroxyl groups excluding tert-OH is 1. The van der Waals surface area contributed by atoms with Crippen LogP contribution in [0.25, 0.3) is 0 Å². The van der Waals surface area contributed by atoms with Crippen molar-refractivity contribution in [3.05, 3.63) is 24.3 Å². The summed E-state index contributed by atoms with van der Waals surface area (Å²) in [5, 5.41) is 8.69. The van der Waals surface area contributed by atoms with Crippen LogP contribution in [-0.2, 0) is 0 Å². The SMILES string of the molecule is CN(CCO)c1cccc(N)c1. The Bertz CT molecular complexity index is 250. The molecule has 0 aliphatic heterocycles. The molecular formula is C9H14N2O. The Hall–Kier alpha value is -1.22. The number of anilines is 2. The summed E-state index contributed by atoms with van der Waals surface area (Å²) in [6.07, 6.45) is 0. The Kier molecular flexibility index (Phi) is 2.94. The van der Waals surface area contributed by atoms with Gasteiger partial charge in [-0.25, -0.2) is 0 Å². The molecule has 0 radical (unpaired) electrons. The summed E-state index contributed by atoms with van der Waals surface area (Å²) in [5.41, 5.74) is 7.38. The molecule has 0 unspecified atom stereocenters. The van der Waals surface area contributed by atoms with Crippen LogP contribution in [0.1, 0.15) is 0 Å². The first-order valence-corrected chi connectivity index (χ1v) is 3.91. The van der Waals surface area contributed by atoms with Crippen molar-refractivity contribution in [3.8, 4) is 0 Å². The summed E-state index contributed by atoms with van der Waals surface area (Å²) in [5.74, 6) is 0. The van der Waals surface area contributed by atoms with E-state index in [2.05, 4.69) is 0 Å². The van der Waals surface area contributed by atoms with Gasteiger partial charge in [0.15, 0.2) is 0 Å². The minimum Gasteiger partial charge on any atom is -0.399 e. The molecule has 0 saturated carbocycles. The van der Waals surface area contributed by atoms with Crippen LogP contribution in [0.2, 0.25) is 0 Å². The predicted octanol–water partition coefficient (Wildman–Crippen LogP) is 0.697. The molecule has 0 saturated heterocycles. The van der Waals surface area contributed by atoms with Crippen molar-refractivity contribution in [2.45, 2.75) is 0 Å². The van der Waals surface area contributed by atoms with E-state index in [1.807, 2.05) is 36.2 Å². The fraction of sp³-hybridized carbons (Fsp3) is 0.333. The second kappa shape index (κ2) is 3.97. The lowest BCUT2D eigenvalue weighted by atomic mass is 10.2. The van der Waals surface area contributed by atoms with E-state index in [1.54, 1.807) is 0 Å². The zero-order valence-electron chi connectivity index (χ0n) is 7.20. The van der Waals surface area contributed by atoms with Crippen molar-refractivity contribution in [1.29, 1.82) is 0 Å². The lowest BCUT2D eigenvalue weighted by Crippen LogP contribution is -2.20. The monoisotopic (exact) mass is 166 g/mol. The molecular weight excluding hydrogens is 152 g/mol. The molecule has 1 aromatic rings. The van der Waals surface area contributed by atoms with E-state index in [9.17, 15) is 0 Å². The van der Waals surface area contributed by atoms with Gasteiger partial charge in [0.25, 0.3) is 0 Å². The third-order valence-corrected chi connectivity index (χ3v) is 1.75. The second-order valence-electron chi connectivity index (χ2n) is 2.74. The Labute approximate surface area is 72.4 Å². The van der Waals surface area contributed by atoms with E-state index in [-0.39, 0.29) is 6.61 Å². The number of aliphatic hydroxyl groups is 1. The van der Waals surface area contributed by atoms with Gasteiger partial charge in [-0.3, -0.25) is 0 Å². The fourth-order valence-electron chi connectivity index (χ4n) is 1.04. The largest absolute Gasteiger partial charge is 0.399 e. The van der Waals surface area contributed by atoms with Gasteiger partial charge < -0.3 is 15.7 Å². The quantitative estimate of drug-likeness (QED) is 0.650. The summed E-state index contributed by atoms with van der Waals surface area (Å²) in [6, 6.07) is 7.59. The molecule has 12 heavy (non-hydrogen) atoms. The molecule has 0 aromatic heterocycles. The highest BCUT2D eigenvalue weighted by molar-refractivity contribution is 5.55. The van der Waals surface area contributed by atoms with Crippen molar-refractivity contribution in [1.82, 2.24) is 0 Å². The van der Waals surface area contributed by atoms with Crippen molar-refractivity contribution in [3.63, 3.8) is 0 Å². The number of nitrogens with zero attached hydrogens (tertiary/aromatic N) is 1. The number of nitrogen functional groups attached to an aromatic ring is 1. The van der Waals surface area contributed by atoms with Gasteiger partial charge in [0.2, 0.25) is 0 Å². The summed E-state index contributed by atoms with van der Waals surface area (Å²) in [6.45, 7) is 0.786. The summed E-state index contributed by atoms with van der Waals surface area (Å²) < 4.78 is 0. The molecule has 3 nitrogen and oxygen atoms in total. The number of nitrogens with two attached hydrogens (primary N) is 1. The van der Waals surface area contributed by atoms with Crippen LogP contribution in [0, 0.1) is 0 Å². The molecule has 3 heteroatoms. The molecule has 0 fully saturated rings. The molecule has 0 spiro atoms. The van der Waals surface area contributed by atoms with E-state index in [1.165, 1.54) is 0 Å². The van der Waals surface area contributed by atoms with Gasteiger partial charge in [-0.2, -0.15) is 0 Å². The smallest absolute Gasteiger partial charge is 0.0606 e. The van der Waals surface area contributed by atoms with Gasteiger partial charge in [-0.05, 0) is 18.2 Å². The highest BCUT2D eigenvalue weighted by atomic mass is 16.3. The van der Waals surface area contributed by atoms with Crippen molar-refractivity contribution in [2.75, 3.05) is 30.8 Å². The highest BCUT2D eigenvalue weighted by Gasteiger charge is 1.98. The molecule has 1 rings (SSSR count). The molecule has 66 valence electrons. The van der Waals surface area contributed by atoms with Gasteiger partial charge in [0, 0.05) is 25.0 Å². The first-order chi connectivity index (χ1) is 5.74. The van der Waals surface area contributed by atoms with E-state index < -0.39 is 0 Å². The van der Waals surface area contributed by atoms with Gasteiger partial charge in [-0.15, -0.1) is 0 Å². The first-order valence-electron chi connectivity index (χ1n) is 3.91. The first kappa shape index (κ1) is 8.87. The van der Waals surface area contributed by atoms with Crippen LogP contribution in [-0.4, -0.2) is 25.3 Å². The number of hydrogen-bond acceptors (Lipinski definition) is 3. The van der Waals surface area contributed by atoms with Gasteiger partial charge in [-0.1, -0.05) is 6.07 Å². The van der Waals surface area contributed by atoms with Crippen molar-refractivity contribution < 1.29 is 5.11 Å².